The zero-order valence-electron chi connectivity index (χ0n) is 17.4. The molecule has 2 N–H and O–H groups in total. The van der Waals surface area contributed by atoms with E-state index < -0.39 is 11.6 Å². The van der Waals surface area contributed by atoms with Crippen LogP contribution in [0.1, 0.15) is 18.4 Å². The summed E-state index contributed by atoms with van der Waals surface area (Å²) in [6.07, 6.45) is 1.70. The van der Waals surface area contributed by atoms with Crippen LogP contribution in [0.15, 0.2) is 66.7 Å². The standard InChI is InChI=1S/C25H24F2N2O2.ClH/c26-21-12-20(13-22(27)14-21)18-6-4-17(5-7-18)16-31-24-3-1-2-23(15-24)29-25(30)19-8-10-28-11-9-19;/h1-7,12-15,19,28H,8-11,16H2,(H,29,30);1H. The second kappa shape index (κ2) is 11.1. The second-order valence-corrected chi connectivity index (χ2v) is 7.69. The quantitative estimate of drug-likeness (QED) is 0.507. The summed E-state index contributed by atoms with van der Waals surface area (Å²) < 4.78 is 32.7. The number of carbonyl (C=O) groups is 1. The van der Waals surface area contributed by atoms with Crippen molar-refractivity contribution >= 4 is 24.0 Å². The van der Waals surface area contributed by atoms with Crippen molar-refractivity contribution in [3.8, 4) is 16.9 Å². The lowest BCUT2D eigenvalue weighted by molar-refractivity contribution is -0.120. The van der Waals surface area contributed by atoms with Crippen LogP contribution in [0.3, 0.4) is 0 Å². The monoisotopic (exact) mass is 458 g/mol. The molecule has 1 saturated heterocycles. The number of carbonyl (C=O) groups excluding carboxylic acids is 1. The fourth-order valence-corrected chi connectivity index (χ4v) is 3.67. The first-order valence-electron chi connectivity index (χ1n) is 10.4. The zero-order valence-corrected chi connectivity index (χ0v) is 18.3. The summed E-state index contributed by atoms with van der Waals surface area (Å²) in [6.45, 7) is 2.08. The Kier molecular flexibility index (Phi) is 8.20. The van der Waals surface area contributed by atoms with Gasteiger partial charge in [-0.15, -0.1) is 12.4 Å². The number of nitrogens with one attached hydrogen (secondary N) is 2. The summed E-state index contributed by atoms with van der Waals surface area (Å²) in [5, 5.41) is 6.24. The maximum Gasteiger partial charge on any atom is 0.227 e. The van der Waals surface area contributed by atoms with Crippen molar-refractivity contribution in [1.29, 1.82) is 0 Å². The molecular weight excluding hydrogens is 434 g/mol. The fraction of sp³-hybridized carbons (Fsp3) is 0.240. The number of ether oxygens (including phenoxy) is 1. The van der Waals surface area contributed by atoms with E-state index in [9.17, 15) is 13.6 Å². The van der Waals surface area contributed by atoms with E-state index in [4.69, 9.17) is 4.74 Å². The Balaban J connectivity index is 0.00000289. The first-order chi connectivity index (χ1) is 15.1. The van der Waals surface area contributed by atoms with Crippen molar-refractivity contribution in [1.82, 2.24) is 5.32 Å². The SMILES string of the molecule is Cl.O=C(Nc1cccc(OCc2ccc(-c3cc(F)cc(F)c3)cc2)c1)C1CCNCC1. The van der Waals surface area contributed by atoms with Crippen LogP contribution in [0, 0.1) is 17.6 Å². The molecular formula is C25H25ClF2N2O2. The molecule has 0 saturated carbocycles. The molecule has 1 aliphatic rings. The van der Waals surface area contributed by atoms with E-state index in [0.717, 1.165) is 43.1 Å². The van der Waals surface area contributed by atoms with E-state index in [2.05, 4.69) is 10.6 Å². The van der Waals surface area contributed by atoms with Crippen molar-refractivity contribution in [2.45, 2.75) is 19.4 Å². The van der Waals surface area contributed by atoms with Crippen molar-refractivity contribution in [2.75, 3.05) is 18.4 Å². The lowest BCUT2D eigenvalue weighted by atomic mass is 9.97. The zero-order chi connectivity index (χ0) is 21.6. The number of anilines is 1. The van der Waals surface area contributed by atoms with Crippen LogP contribution in [-0.2, 0) is 11.4 Å². The van der Waals surface area contributed by atoms with E-state index in [0.29, 0.717) is 23.6 Å². The molecule has 0 aromatic heterocycles. The Morgan fingerprint density at radius 2 is 1.62 bits per heavy atom. The summed E-state index contributed by atoms with van der Waals surface area (Å²) in [4.78, 5) is 12.4. The molecule has 1 heterocycles. The van der Waals surface area contributed by atoms with E-state index in [1.165, 1.54) is 12.1 Å². The van der Waals surface area contributed by atoms with Gasteiger partial charge in [0.05, 0.1) is 0 Å². The van der Waals surface area contributed by atoms with Gasteiger partial charge in [0.1, 0.15) is 24.0 Å². The summed E-state index contributed by atoms with van der Waals surface area (Å²) in [7, 11) is 0. The number of benzene rings is 3. The van der Waals surface area contributed by atoms with Gasteiger partial charge in [-0.2, -0.15) is 0 Å². The topological polar surface area (TPSA) is 50.4 Å². The summed E-state index contributed by atoms with van der Waals surface area (Å²) in [5.74, 6) is -0.470. The first-order valence-corrected chi connectivity index (χ1v) is 10.4. The molecule has 0 radical (unpaired) electrons. The van der Waals surface area contributed by atoms with Crippen LogP contribution in [0.25, 0.3) is 11.1 Å². The van der Waals surface area contributed by atoms with Gasteiger partial charge in [0.15, 0.2) is 0 Å². The predicted molar refractivity (Wildman–Crippen MR) is 124 cm³/mol. The van der Waals surface area contributed by atoms with Crippen LogP contribution < -0.4 is 15.4 Å². The van der Waals surface area contributed by atoms with Crippen LogP contribution in [0.5, 0.6) is 5.75 Å². The lowest BCUT2D eigenvalue weighted by Gasteiger charge is -2.21. The minimum atomic E-state index is -0.602. The average Bonchev–Trinajstić information content (AvgIpc) is 2.78. The molecule has 1 fully saturated rings. The predicted octanol–water partition coefficient (Wildman–Crippen LogP) is 5.57. The van der Waals surface area contributed by atoms with Crippen LogP contribution in [0.2, 0.25) is 0 Å². The molecule has 0 bridgehead atoms. The molecule has 1 amide bonds. The summed E-state index contributed by atoms with van der Waals surface area (Å²) in [5.41, 5.74) is 2.85. The van der Waals surface area contributed by atoms with Gasteiger partial charge < -0.3 is 15.4 Å². The third-order valence-corrected chi connectivity index (χ3v) is 5.37. The first kappa shape index (κ1) is 23.7. The van der Waals surface area contributed by atoms with Crippen molar-refractivity contribution < 1.29 is 18.3 Å². The van der Waals surface area contributed by atoms with Gasteiger partial charge in [-0.25, -0.2) is 8.78 Å². The number of hydrogen-bond acceptors (Lipinski definition) is 3. The Morgan fingerprint density at radius 3 is 2.31 bits per heavy atom. The van der Waals surface area contributed by atoms with E-state index >= 15 is 0 Å². The van der Waals surface area contributed by atoms with E-state index in [1.54, 1.807) is 0 Å². The highest BCUT2D eigenvalue weighted by Crippen LogP contribution is 2.24. The van der Waals surface area contributed by atoms with Gasteiger partial charge in [-0.1, -0.05) is 30.3 Å². The van der Waals surface area contributed by atoms with Gasteiger partial charge in [-0.05, 0) is 66.9 Å². The Bertz CT molecular complexity index is 1030. The molecule has 0 spiro atoms. The summed E-state index contributed by atoms with van der Waals surface area (Å²) in [6, 6.07) is 18.1. The maximum atomic E-state index is 13.4. The smallest absolute Gasteiger partial charge is 0.227 e. The van der Waals surface area contributed by atoms with Gasteiger partial charge in [0.25, 0.3) is 0 Å². The molecule has 0 aliphatic carbocycles. The van der Waals surface area contributed by atoms with Crippen LogP contribution in [-0.4, -0.2) is 19.0 Å². The Labute approximate surface area is 192 Å². The van der Waals surface area contributed by atoms with Gasteiger partial charge in [0, 0.05) is 23.7 Å². The molecule has 1 aliphatic heterocycles. The molecule has 0 unspecified atom stereocenters. The van der Waals surface area contributed by atoms with Gasteiger partial charge in [-0.3, -0.25) is 4.79 Å². The highest BCUT2D eigenvalue weighted by atomic mass is 35.5. The fourth-order valence-electron chi connectivity index (χ4n) is 3.67. The van der Waals surface area contributed by atoms with E-state index in [-0.39, 0.29) is 24.2 Å². The highest BCUT2D eigenvalue weighted by molar-refractivity contribution is 5.92. The Morgan fingerprint density at radius 1 is 0.938 bits per heavy atom. The van der Waals surface area contributed by atoms with Crippen LogP contribution >= 0.6 is 12.4 Å². The largest absolute Gasteiger partial charge is 0.489 e. The molecule has 4 rings (SSSR count). The normalized spacial score (nSPS) is 13.8. The third-order valence-electron chi connectivity index (χ3n) is 5.37. The van der Waals surface area contributed by atoms with E-state index in [1.807, 2.05) is 48.5 Å². The minimum Gasteiger partial charge on any atom is -0.489 e. The number of halogens is 3. The molecule has 0 atom stereocenters. The minimum absolute atomic E-state index is 0. The molecule has 3 aromatic carbocycles. The Hall–Kier alpha value is -2.96. The molecule has 32 heavy (non-hydrogen) atoms. The number of amides is 1. The number of hydrogen-bond donors (Lipinski definition) is 2. The molecule has 7 heteroatoms. The molecule has 4 nitrogen and oxygen atoms in total. The van der Waals surface area contributed by atoms with Gasteiger partial charge in [0.2, 0.25) is 5.91 Å². The van der Waals surface area contributed by atoms with Crippen molar-refractivity contribution in [2.24, 2.45) is 5.92 Å². The van der Waals surface area contributed by atoms with Crippen molar-refractivity contribution in [3.63, 3.8) is 0 Å². The van der Waals surface area contributed by atoms with Crippen LogP contribution in [0.4, 0.5) is 14.5 Å². The lowest BCUT2D eigenvalue weighted by Crippen LogP contribution is -2.34. The van der Waals surface area contributed by atoms with Crippen molar-refractivity contribution in [3.05, 3.63) is 83.9 Å². The summed E-state index contributed by atoms with van der Waals surface area (Å²) >= 11 is 0. The van der Waals surface area contributed by atoms with Gasteiger partial charge >= 0.3 is 0 Å². The molecule has 168 valence electrons. The molecule has 3 aromatic rings. The number of piperidine rings is 1. The maximum absolute atomic E-state index is 13.4. The highest BCUT2D eigenvalue weighted by Gasteiger charge is 2.20. The average molecular weight is 459 g/mol. The number of rotatable bonds is 6. The third kappa shape index (κ3) is 6.28. The second-order valence-electron chi connectivity index (χ2n) is 7.69.